The highest BCUT2D eigenvalue weighted by Crippen LogP contribution is 2.42. The molecule has 1 aromatic carbocycles. The third-order valence-corrected chi connectivity index (χ3v) is 4.31. The van der Waals surface area contributed by atoms with Gasteiger partial charge in [0, 0.05) is 12.6 Å². The molecule has 20 heavy (non-hydrogen) atoms. The molecule has 0 atom stereocenters. The largest absolute Gasteiger partial charge is 0.481 e. The van der Waals surface area contributed by atoms with Gasteiger partial charge in [0.1, 0.15) is 5.41 Å². The van der Waals surface area contributed by atoms with E-state index in [1.165, 1.54) is 0 Å². The average molecular weight is 270 g/mol. The van der Waals surface area contributed by atoms with Crippen LogP contribution in [0, 0.1) is 0 Å². The first kappa shape index (κ1) is 12.9. The lowest BCUT2D eigenvalue weighted by molar-refractivity contribution is -0.143. The Bertz CT molecular complexity index is 625. The van der Waals surface area contributed by atoms with E-state index in [9.17, 15) is 9.90 Å². The SMILES string of the molecule is Cn1nc(-c2ccccc2)cc1C1(C(=O)O)CCCC1. The molecular weight excluding hydrogens is 252 g/mol. The summed E-state index contributed by atoms with van der Waals surface area (Å²) in [5, 5.41) is 14.2. The summed E-state index contributed by atoms with van der Waals surface area (Å²) in [4.78, 5) is 11.8. The van der Waals surface area contributed by atoms with Crippen molar-refractivity contribution in [1.82, 2.24) is 9.78 Å². The summed E-state index contributed by atoms with van der Waals surface area (Å²) in [5.41, 5.74) is 1.93. The van der Waals surface area contributed by atoms with Crippen molar-refractivity contribution >= 4 is 5.97 Å². The van der Waals surface area contributed by atoms with Gasteiger partial charge in [0.15, 0.2) is 0 Å². The molecule has 1 N–H and O–H groups in total. The number of nitrogens with zero attached hydrogens (tertiary/aromatic N) is 2. The molecule has 1 aliphatic rings. The molecule has 1 saturated carbocycles. The zero-order valence-corrected chi connectivity index (χ0v) is 11.5. The lowest BCUT2D eigenvalue weighted by Crippen LogP contribution is -2.34. The highest BCUT2D eigenvalue weighted by atomic mass is 16.4. The third kappa shape index (κ3) is 1.92. The Kier molecular flexibility index (Phi) is 3.08. The molecular formula is C16H18N2O2. The Hall–Kier alpha value is -2.10. The summed E-state index contributed by atoms with van der Waals surface area (Å²) in [6, 6.07) is 11.8. The van der Waals surface area contributed by atoms with E-state index in [0.29, 0.717) is 12.8 Å². The van der Waals surface area contributed by atoms with Crippen molar-refractivity contribution in [3.05, 3.63) is 42.1 Å². The van der Waals surface area contributed by atoms with Gasteiger partial charge in [-0.2, -0.15) is 5.10 Å². The van der Waals surface area contributed by atoms with Gasteiger partial charge in [-0.05, 0) is 18.9 Å². The average Bonchev–Trinajstić information content (AvgIpc) is 3.07. The molecule has 0 unspecified atom stereocenters. The van der Waals surface area contributed by atoms with Crippen LogP contribution >= 0.6 is 0 Å². The number of benzene rings is 1. The second kappa shape index (κ2) is 4.78. The molecule has 0 bridgehead atoms. The van der Waals surface area contributed by atoms with Crippen molar-refractivity contribution < 1.29 is 9.90 Å². The molecule has 1 fully saturated rings. The number of aromatic nitrogens is 2. The lowest BCUT2D eigenvalue weighted by atomic mass is 9.82. The number of hydrogen-bond acceptors (Lipinski definition) is 2. The smallest absolute Gasteiger partial charge is 0.315 e. The van der Waals surface area contributed by atoms with Gasteiger partial charge in [-0.25, -0.2) is 0 Å². The van der Waals surface area contributed by atoms with E-state index < -0.39 is 11.4 Å². The highest BCUT2D eigenvalue weighted by Gasteiger charge is 2.45. The molecule has 0 aliphatic heterocycles. The molecule has 0 radical (unpaired) electrons. The summed E-state index contributed by atoms with van der Waals surface area (Å²) >= 11 is 0. The van der Waals surface area contributed by atoms with Crippen molar-refractivity contribution in [1.29, 1.82) is 0 Å². The molecule has 0 amide bonds. The van der Waals surface area contributed by atoms with Crippen molar-refractivity contribution in [2.75, 3.05) is 0 Å². The fourth-order valence-electron chi connectivity index (χ4n) is 3.22. The number of aryl methyl sites for hydroxylation is 1. The van der Waals surface area contributed by atoms with E-state index >= 15 is 0 Å². The van der Waals surface area contributed by atoms with Crippen LogP contribution in [0.4, 0.5) is 0 Å². The summed E-state index contributed by atoms with van der Waals surface area (Å²) in [6.07, 6.45) is 3.35. The minimum atomic E-state index is -0.755. The monoisotopic (exact) mass is 270 g/mol. The standard InChI is InChI=1S/C16H18N2O2/c1-18-14(16(15(19)20)9-5-6-10-16)11-13(17-18)12-7-3-2-4-8-12/h2-4,7-8,11H,5-6,9-10H2,1H3,(H,19,20). The predicted molar refractivity (Wildman–Crippen MR) is 76.4 cm³/mol. The van der Waals surface area contributed by atoms with E-state index in [2.05, 4.69) is 5.10 Å². The van der Waals surface area contributed by atoms with Crippen LogP contribution in [0.1, 0.15) is 31.4 Å². The molecule has 2 aromatic rings. The first-order valence-electron chi connectivity index (χ1n) is 6.97. The van der Waals surface area contributed by atoms with E-state index in [1.54, 1.807) is 4.68 Å². The van der Waals surface area contributed by atoms with Gasteiger partial charge in [0.2, 0.25) is 0 Å². The normalized spacial score (nSPS) is 17.2. The molecule has 1 heterocycles. The Balaban J connectivity index is 2.07. The zero-order valence-electron chi connectivity index (χ0n) is 11.5. The van der Waals surface area contributed by atoms with Crippen LogP contribution in [0.25, 0.3) is 11.3 Å². The van der Waals surface area contributed by atoms with Gasteiger partial charge in [-0.1, -0.05) is 43.2 Å². The van der Waals surface area contributed by atoms with Crippen LogP contribution in [0.3, 0.4) is 0 Å². The first-order valence-corrected chi connectivity index (χ1v) is 6.97. The molecule has 3 rings (SSSR count). The molecule has 1 aromatic heterocycles. The topological polar surface area (TPSA) is 55.1 Å². The number of carbonyl (C=O) groups is 1. The van der Waals surface area contributed by atoms with Crippen LogP contribution in [0.15, 0.2) is 36.4 Å². The second-order valence-corrected chi connectivity index (χ2v) is 5.50. The number of carboxylic acid groups (broad SMARTS) is 1. The predicted octanol–water partition coefficient (Wildman–Crippen LogP) is 2.98. The Morgan fingerprint density at radius 1 is 1.25 bits per heavy atom. The molecule has 1 aliphatic carbocycles. The summed E-state index contributed by atoms with van der Waals surface area (Å²) in [6.45, 7) is 0. The maximum Gasteiger partial charge on any atom is 0.315 e. The van der Waals surface area contributed by atoms with Crippen molar-refractivity contribution in [3.8, 4) is 11.3 Å². The number of hydrogen-bond donors (Lipinski definition) is 1. The van der Waals surface area contributed by atoms with Crippen LogP contribution in [-0.2, 0) is 17.3 Å². The third-order valence-electron chi connectivity index (χ3n) is 4.31. The van der Waals surface area contributed by atoms with Gasteiger partial charge >= 0.3 is 5.97 Å². The second-order valence-electron chi connectivity index (χ2n) is 5.50. The zero-order chi connectivity index (χ0) is 14.2. The minimum absolute atomic E-state index is 0.704. The van der Waals surface area contributed by atoms with Gasteiger partial charge in [-0.3, -0.25) is 9.48 Å². The molecule has 4 nitrogen and oxygen atoms in total. The quantitative estimate of drug-likeness (QED) is 0.932. The fraction of sp³-hybridized carbons (Fsp3) is 0.375. The van der Waals surface area contributed by atoms with E-state index in [1.807, 2.05) is 43.4 Å². The first-order chi connectivity index (χ1) is 9.63. The van der Waals surface area contributed by atoms with Gasteiger partial charge in [-0.15, -0.1) is 0 Å². The Morgan fingerprint density at radius 3 is 2.50 bits per heavy atom. The van der Waals surface area contributed by atoms with Crippen molar-refractivity contribution in [2.45, 2.75) is 31.1 Å². The maximum absolute atomic E-state index is 11.8. The molecule has 0 spiro atoms. The van der Waals surface area contributed by atoms with Gasteiger partial charge in [0.25, 0.3) is 0 Å². The number of aliphatic carboxylic acids is 1. The number of carboxylic acids is 1. The summed E-state index contributed by atoms with van der Waals surface area (Å²) in [5.74, 6) is -0.724. The van der Waals surface area contributed by atoms with Crippen LogP contribution < -0.4 is 0 Å². The van der Waals surface area contributed by atoms with E-state index in [-0.39, 0.29) is 0 Å². The van der Waals surface area contributed by atoms with Crippen LogP contribution in [-0.4, -0.2) is 20.9 Å². The van der Waals surface area contributed by atoms with Crippen LogP contribution in [0.5, 0.6) is 0 Å². The summed E-state index contributed by atoms with van der Waals surface area (Å²) < 4.78 is 1.74. The fourth-order valence-corrected chi connectivity index (χ4v) is 3.22. The minimum Gasteiger partial charge on any atom is -0.481 e. The molecule has 4 heteroatoms. The molecule has 104 valence electrons. The highest BCUT2D eigenvalue weighted by molar-refractivity contribution is 5.81. The van der Waals surface area contributed by atoms with Gasteiger partial charge < -0.3 is 5.11 Å². The molecule has 0 saturated heterocycles. The van der Waals surface area contributed by atoms with E-state index in [4.69, 9.17) is 0 Å². The van der Waals surface area contributed by atoms with Gasteiger partial charge in [0.05, 0.1) is 11.4 Å². The van der Waals surface area contributed by atoms with E-state index in [0.717, 1.165) is 29.8 Å². The number of rotatable bonds is 3. The summed E-state index contributed by atoms with van der Waals surface area (Å²) in [7, 11) is 1.84. The lowest BCUT2D eigenvalue weighted by Gasteiger charge is -2.23. The maximum atomic E-state index is 11.8. The Labute approximate surface area is 118 Å². The van der Waals surface area contributed by atoms with Crippen molar-refractivity contribution in [2.24, 2.45) is 7.05 Å². The van der Waals surface area contributed by atoms with Crippen LogP contribution in [0.2, 0.25) is 0 Å². The Morgan fingerprint density at radius 2 is 1.90 bits per heavy atom. The van der Waals surface area contributed by atoms with Crippen molar-refractivity contribution in [3.63, 3.8) is 0 Å².